The van der Waals surface area contributed by atoms with Gasteiger partial charge >= 0.3 is 0 Å². The zero-order valence-corrected chi connectivity index (χ0v) is 17.0. The molecule has 1 saturated heterocycles. The highest BCUT2D eigenvalue weighted by Gasteiger charge is 2.22. The molecular formula is C19H21N7O2S. The molecule has 2 aromatic heterocycles. The molecule has 0 aliphatic carbocycles. The summed E-state index contributed by atoms with van der Waals surface area (Å²) < 4.78 is 6.22. The molecule has 0 spiro atoms. The van der Waals surface area contributed by atoms with Crippen LogP contribution in [0.5, 0.6) is 0 Å². The first-order valence-corrected chi connectivity index (χ1v) is 10.0. The third-order valence-corrected chi connectivity index (χ3v) is 5.43. The first-order chi connectivity index (χ1) is 14.1. The number of rotatable bonds is 5. The number of amides is 1. The molecule has 150 valence electrons. The van der Waals surface area contributed by atoms with E-state index in [9.17, 15) is 4.79 Å². The summed E-state index contributed by atoms with van der Waals surface area (Å²) in [5, 5.41) is 7.21. The molecule has 3 heterocycles. The van der Waals surface area contributed by atoms with Crippen LogP contribution in [0.4, 0.5) is 11.8 Å². The number of fused-ring (bicyclic) bond motifs is 1. The Balaban J connectivity index is 1.67. The van der Waals surface area contributed by atoms with Crippen molar-refractivity contribution in [3.05, 3.63) is 40.4 Å². The minimum atomic E-state index is -0.243. The number of nitrogens with zero attached hydrogens (tertiary/aromatic N) is 5. The number of thiazole rings is 1. The minimum Gasteiger partial charge on any atom is -0.378 e. The van der Waals surface area contributed by atoms with Gasteiger partial charge in [0.2, 0.25) is 5.95 Å². The summed E-state index contributed by atoms with van der Waals surface area (Å²) >= 11 is 1.28. The SMILES string of the molecule is CNC(=O)c1nc2nc(N/N=C/c3cccc(C)c3)nc(N3CCOCC3)c2s1. The average Bonchev–Trinajstić information content (AvgIpc) is 3.17. The van der Waals surface area contributed by atoms with E-state index in [-0.39, 0.29) is 5.91 Å². The van der Waals surface area contributed by atoms with Crippen LogP contribution < -0.4 is 15.6 Å². The summed E-state index contributed by atoms with van der Waals surface area (Å²) in [7, 11) is 1.58. The van der Waals surface area contributed by atoms with E-state index in [2.05, 4.69) is 35.7 Å². The number of ether oxygens (including phenoxy) is 1. The number of aryl methyl sites for hydroxylation is 1. The van der Waals surface area contributed by atoms with Gasteiger partial charge in [-0.15, -0.1) is 11.3 Å². The Morgan fingerprint density at radius 1 is 1.28 bits per heavy atom. The highest BCUT2D eigenvalue weighted by Crippen LogP contribution is 2.31. The number of carbonyl (C=O) groups is 1. The number of morpholine rings is 1. The second-order valence-electron chi connectivity index (χ2n) is 6.51. The molecule has 0 unspecified atom stereocenters. The zero-order valence-electron chi connectivity index (χ0n) is 16.2. The standard InChI is InChI=1S/C19H21N7O2S/c1-12-4-3-5-13(10-12)11-21-25-19-23-15-14(29-18(22-15)17(27)20-2)16(24-19)26-6-8-28-9-7-26/h3-5,10-11H,6-9H2,1-2H3,(H,20,27)(H,23,24,25)/b21-11+. The molecule has 10 heteroatoms. The van der Waals surface area contributed by atoms with Gasteiger partial charge in [0.05, 0.1) is 19.4 Å². The van der Waals surface area contributed by atoms with Gasteiger partial charge < -0.3 is 15.0 Å². The van der Waals surface area contributed by atoms with Gasteiger partial charge in [-0.05, 0) is 12.5 Å². The first-order valence-electron chi connectivity index (χ1n) is 9.23. The van der Waals surface area contributed by atoms with E-state index >= 15 is 0 Å². The molecule has 9 nitrogen and oxygen atoms in total. The van der Waals surface area contributed by atoms with Crippen LogP contribution in [-0.4, -0.2) is 60.4 Å². The molecule has 0 saturated carbocycles. The smallest absolute Gasteiger partial charge is 0.280 e. The number of hydrazone groups is 1. The number of benzene rings is 1. The highest BCUT2D eigenvalue weighted by molar-refractivity contribution is 7.20. The van der Waals surface area contributed by atoms with Gasteiger partial charge in [0.25, 0.3) is 5.91 Å². The van der Waals surface area contributed by atoms with Crippen LogP contribution in [0.15, 0.2) is 29.4 Å². The van der Waals surface area contributed by atoms with Crippen LogP contribution in [0.25, 0.3) is 10.3 Å². The van der Waals surface area contributed by atoms with E-state index in [1.807, 2.05) is 31.2 Å². The lowest BCUT2D eigenvalue weighted by Gasteiger charge is -2.28. The number of aromatic nitrogens is 3. The number of hydrogen-bond donors (Lipinski definition) is 2. The predicted octanol–water partition coefficient (Wildman–Crippen LogP) is 2.04. The van der Waals surface area contributed by atoms with Gasteiger partial charge in [-0.3, -0.25) is 4.79 Å². The molecule has 1 aromatic carbocycles. The van der Waals surface area contributed by atoms with Crippen LogP contribution >= 0.6 is 11.3 Å². The Morgan fingerprint density at radius 3 is 2.86 bits per heavy atom. The second-order valence-corrected chi connectivity index (χ2v) is 7.50. The Kier molecular flexibility index (Phi) is 5.63. The summed E-state index contributed by atoms with van der Waals surface area (Å²) in [4.78, 5) is 27.6. The van der Waals surface area contributed by atoms with E-state index < -0.39 is 0 Å². The van der Waals surface area contributed by atoms with Crippen LogP contribution in [0.3, 0.4) is 0 Å². The number of nitrogens with one attached hydrogen (secondary N) is 2. The molecule has 1 amide bonds. The average molecular weight is 411 g/mol. The monoisotopic (exact) mass is 411 g/mol. The van der Waals surface area contributed by atoms with Crippen molar-refractivity contribution >= 4 is 45.6 Å². The van der Waals surface area contributed by atoms with Crippen LogP contribution in [-0.2, 0) is 4.74 Å². The fourth-order valence-corrected chi connectivity index (χ4v) is 3.94. The van der Waals surface area contributed by atoms with Crippen LogP contribution in [0.1, 0.15) is 20.9 Å². The Morgan fingerprint density at radius 2 is 2.10 bits per heavy atom. The topological polar surface area (TPSA) is 105 Å². The lowest BCUT2D eigenvalue weighted by Crippen LogP contribution is -2.36. The maximum Gasteiger partial charge on any atom is 0.280 e. The molecule has 1 aliphatic heterocycles. The quantitative estimate of drug-likeness (QED) is 0.489. The lowest BCUT2D eigenvalue weighted by atomic mass is 10.2. The van der Waals surface area contributed by atoms with Gasteiger partial charge in [-0.1, -0.05) is 29.8 Å². The van der Waals surface area contributed by atoms with Crippen molar-refractivity contribution in [2.75, 3.05) is 43.7 Å². The third kappa shape index (κ3) is 4.33. The molecule has 3 aromatic rings. The van der Waals surface area contributed by atoms with E-state index in [1.165, 1.54) is 11.3 Å². The van der Waals surface area contributed by atoms with Crippen molar-refractivity contribution in [1.29, 1.82) is 0 Å². The fraction of sp³-hybridized carbons (Fsp3) is 0.316. The highest BCUT2D eigenvalue weighted by atomic mass is 32.1. The summed E-state index contributed by atoms with van der Waals surface area (Å²) in [6, 6.07) is 8.01. The van der Waals surface area contributed by atoms with Crippen LogP contribution in [0.2, 0.25) is 0 Å². The Hall–Kier alpha value is -3.11. The summed E-state index contributed by atoms with van der Waals surface area (Å²) in [6.45, 7) is 4.71. The number of hydrogen-bond acceptors (Lipinski definition) is 9. The molecule has 0 bridgehead atoms. The van der Waals surface area contributed by atoms with Crippen molar-refractivity contribution in [3.8, 4) is 0 Å². The summed E-state index contributed by atoms with van der Waals surface area (Å²) in [5.41, 5.74) is 5.49. The first kappa shape index (κ1) is 19.2. The molecular weight excluding hydrogens is 390 g/mol. The van der Waals surface area contributed by atoms with Gasteiger partial charge in [0, 0.05) is 20.1 Å². The molecule has 29 heavy (non-hydrogen) atoms. The third-order valence-electron chi connectivity index (χ3n) is 4.39. The van der Waals surface area contributed by atoms with Crippen molar-refractivity contribution in [2.45, 2.75) is 6.92 Å². The molecule has 1 aliphatic rings. The van der Waals surface area contributed by atoms with Gasteiger partial charge in [-0.25, -0.2) is 10.4 Å². The molecule has 0 atom stereocenters. The van der Waals surface area contributed by atoms with Crippen molar-refractivity contribution < 1.29 is 9.53 Å². The normalized spacial score (nSPS) is 14.5. The molecule has 2 N–H and O–H groups in total. The van der Waals surface area contributed by atoms with E-state index in [1.54, 1.807) is 13.3 Å². The minimum absolute atomic E-state index is 0.243. The molecule has 4 rings (SSSR count). The van der Waals surface area contributed by atoms with E-state index in [0.29, 0.717) is 42.9 Å². The van der Waals surface area contributed by atoms with Crippen LogP contribution in [0, 0.1) is 6.92 Å². The lowest BCUT2D eigenvalue weighted by molar-refractivity contribution is 0.0963. The van der Waals surface area contributed by atoms with Crippen molar-refractivity contribution in [2.24, 2.45) is 5.10 Å². The second kappa shape index (κ2) is 8.50. The number of anilines is 2. The Bertz CT molecular complexity index is 1060. The van der Waals surface area contributed by atoms with Gasteiger partial charge in [0.15, 0.2) is 16.5 Å². The maximum atomic E-state index is 12.0. The van der Waals surface area contributed by atoms with Gasteiger partial charge in [-0.2, -0.15) is 15.1 Å². The fourth-order valence-electron chi connectivity index (χ4n) is 2.97. The largest absolute Gasteiger partial charge is 0.378 e. The summed E-state index contributed by atoms with van der Waals surface area (Å²) in [5.74, 6) is 0.823. The summed E-state index contributed by atoms with van der Waals surface area (Å²) in [6.07, 6.45) is 1.71. The zero-order chi connectivity index (χ0) is 20.2. The van der Waals surface area contributed by atoms with Gasteiger partial charge in [0.1, 0.15) is 4.70 Å². The molecule has 0 radical (unpaired) electrons. The molecule has 1 fully saturated rings. The predicted molar refractivity (Wildman–Crippen MR) is 114 cm³/mol. The van der Waals surface area contributed by atoms with E-state index in [4.69, 9.17) is 4.74 Å². The van der Waals surface area contributed by atoms with Crippen molar-refractivity contribution in [1.82, 2.24) is 20.3 Å². The van der Waals surface area contributed by atoms with Crippen molar-refractivity contribution in [3.63, 3.8) is 0 Å². The number of carbonyl (C=O) groups excluding carboxylic acids is 1. The maximum absolute atomic E-state index is 12.0. The van der Waals surface area contributed by atoms with E-state index in [0.717, 1.165) is 21.6 Å². The Labute approximate surface area is 171 Å².